The van der Waals surface area contributed by atoms with E-state index in [4.69, 9.17) is 0 Å². The van der Waals surface area contributed by atoms with Crippen molar-refractivity contribution in [2.24, 2.45) is 0 Å². The van der Waals surface area contributed by atoms with Crippen LogP contribution in [0.4, 0.5) is 0 Å². The van der Waals surface area contributed by atoms with E-state index in [2.05, 4.69) is 35.1 Å². The van der Waals surface area contributed by atoms with Gasteiger partial charge in [-0.2, -0.15) is 25.3 Å². The Morgan fingerprint density at radius 1 is 0.867 bits per heavy atom. The van der Waals surface area contributed by atoms with Crippen molar-refractivity contribution in [3.8, 4) is 0 Å². The van der Waals surface area contributed by atoms with Crippen LogP contribution in [0.25, 0.3) is 0 Å². The van der Waals surface area contributed by atoms with Crippen LogP contribution in [0.2, 0.25) is 0 Å². The Labute approximate surface area is 105 Å². The van der Waals surface area contributed by atoms with E-state index in [0.717, 1.165) is 24.6 Å². The molecular weight excluding hydrogens is 224 g/mol. The Morgan fingerprint density at radius 3 is 2.00 bits per heavy atom. The van der Waals surface area contributed by atoms with Crippen molar-refractivity contribution < 1.29 is 0 Å². The van der Waals surface area contributed by atoms with Gasteiger partial charge in [-0.05, 0) is 25.9 Å². The largest absolute Gasteiger partial charge is 0.302 e. The van der Waals surface area contributed by atoms with E-state index >= 15 is 0 Å². The molecule has 0 N–H and O–H groups in total. The third-order valence-electron chi connectivity index (χ3n) is 3.01. The van der Waals surface area contributed by atoms with Gasteiger partial charge in [0.15, 0.2) is 0 Å². The van der Waals surface area contributed by atoms with Gasteiger partial charge in [-0.15, -0.1) is 0 Å². The summed E-state index contributed by atoms with van der Waals surface area (Å²) >= 11 is 8.58. The molecule has 0 aliphatic carbocycles. The van der Waals surface area contributed by atoms with Crippen LogP contribution in [-0.2, 0) is 0 Å². The molecule has 0 bridgehead atoms. The Hall–Kier alpha value is 0.620. The van der Waals surface area contributed by atoms with E-state index in [-0.39, 0.29) is 0 Å². The van der Waals surface area contributed by atoms with Gasteiger partial charge in [-0.25, -0.2) is 0 Å². The highest BCUT2D eigenvalue weighted by Crippen LogP contribution is 2.08. The molecule has 1 saturated heterocycles. The van der Waals surface area contributed by atoms with Gasteiger partial charge in [0.2, 0.25) is 0 Å². The summed E-state index contributed by atoms with van der Waals surface area (Å²) in [5.74, 6) is 1.90. The highest BCUT2D eigenvalue weighted by molar-refractivity contribution is 7.80. The van der Waals surface area contributed by atoms with Gasteiger partial charge in [-0.3, -0.25) is 0 Å². The Morgan fingerprint density at radius 2 is 1.47 bits per heavy atom. The Bertz CT molecular complexity index is 144. The first-order valence-electron chi connectivity index (χ1n) is 6.03. The lowest BCUT2D eigenvalue weighted by atomic mass is 10.1. The van der Waals surface area contributed by atoms with E-state index in [1.807, 2.05) is 0 Å². The lowest BCUT2D eigenvalue weighted by Crippen LogP contribution is -2.39. The maximum atomic E-state index is 4.29. The molecule has 0 spiro atoms. The van der Waals surface area contributed by atoms with Gasteiger partial charge < -0.3 is 9.80 Å². The van der Waals surface area contributed by atoms with Crippen LogP contribution in [0.5, 0.6) is 0 Å². The van der Waals surface area contributed by atoms with Gasteiger partial charge in [0, 0.05) is 37.7 Å². The molecule has 1 heterocycles. The number of hydrogen-bond donors (Lipinski definition) is 2. The van der Waals surface area contributed by atoms with Crippen molar-refractivity contribution in [1.29, 1.82) is 0 Å². The number of nitrogens with zero attached hydrogens (tertiary/aromatic N) is 2. The first-order valence-corrected chi connectivity index (χ1v) is 7.29. The van der Waals surface area contributed by atoms with Crippen molar-refractivity contribution in [3.05, 3.63) is 0 Å². The van der Waals surface area contributed by atoms with Crippen LogP contribution >= 0.6 is 25.3 Å². The van der Waals surface area contributed by atoms with E-state index in [9.17, 15) is 0 Å². The predicted octanol–water partition coefficient (Wildman–Crippen LogP) is 1.63. The van der Waals surface area contributed by atoms with Gasteiger partial charge in [0.1, 0.15) is 0 Å². The molecule has 0 aromatic heterocycles. The highest BCUT2D eigenvalue weighted by Gasteiger charge is 2.11. The van der Waals surface area contributed by atoms with E-state index in [1.165, 1.54) is 45.4 Å². The van der Waals surface area contributed by atoms with E-state index in [0.29, 0.717) is 0 Å². The standard InChI is InChI=1S/C11H24N2S2/c14-10-8-13(9-11-15)7-6-12-4-2-1-3-5-12/h14-15H,1-11H2. The topological polar surface area (TPSA) is 6.48 Å². The van der Waals surface area contributed by atoms with Crippen molar-refractivity contribution in [2.75, 3.05) is 50.8 Å². The van der Waals surface area contributed by atoms with Crippen LogP contribution < -0.4 is 0 Å². The molecule has 0 aromatic carbocycles. The van der Waals surface area contributed by atoms with Gasteiger partial charge >= 0.3 is 0 Å². The van der Waals surface area contributed by atoms with Gasteiger partial charge in [0.05, 0.1) is 0 Å². The minimum Gasteiger partial charge on any atom is -0.302 e. The SMILES string of the molecule is SCCN(CCS)CCN1CCCCC1. The summed E-state index contributed by atoms with van der Waals surface area (Å²) in [7, 11) is 0. The van der Waals surface area contributed by atoms with Crippen molar-refractivity contribution in [3.63, 3.8) is 0 Å². The zero-order chi connectivity index (χ0) is 10.9. The molecule has 90 valence electrons. The fourth-order valence-electron chi connectivity index (χ4n) is 2.08. The maximum absolute atomic E-state index is 4.29. The molecule has 1 aliphatic rings. The number of likely N-dealkylation sites (tertiary alicyclic amines) is 1. The number of piperidine rings is 1. The summed E-state index contributed by atoms with van der Waals surface area (Å²) in [6.45, 7) is 7.20. The normalized spacial score (nSPS) is 18.6. The number of rotatable bonds is 7. The maximum Gasteiger partial charge on any atom is 0.0110 e. The average molecular weight is 248 g/mol. The molecule has 0 saturated carbocycles. The average Bonchev–Trinajstić information content (AvgIpc) is 2.28. The van der Waals surface area contributed by atoms with Crippen LogP contribution in [0.15, 0.2) is 0 Å². The second kappa shape index (κ2) is 8.74. The number of thiol groups is 2. The molecule has 1 rings (SSSR count). The second-order valence-electron chi connectivity index (χ2n) is 4.19. The van der Waals surface area contributed by atoms with Crippen LogP contribution in [0.1, 0.15) is 19.3 Å². The molecule has 15 heavy (non-hydrogen) atoms. The summed E-state index contributed by atoms with van der Waals surface area (Å²) in [6.07, 6.45) is 4.20. The zero-order valence-electron chi connectivity index (χ0n) is 9.57. The van der Waals surface area contributed by atoms with Crippen LogP contribution in [0.3, 0.4) is 0 Å². The fourth-order valence-corrected chi connectivity index (χ4v) is 2.65. The molecule has 0 unspecified atom stereocenters. The van der Waals surface area contributed by atoms with Crippen LogP contribution in [-0.4, -0.2) is 60.6 Å². The molecule has 0 atom stereocenters. The fraction of sp³-hybridized carbons (Fsp3) is 1.00. The van der Waals surface area contributed by atoms with Gasteiger partial charge in [-0.1, -0.05) is 6.42 Å². The van der Waals surface area contributed by atoms with E-state index in [1.54, 1.807) is 0 Å². The smallest absolute Gasteiger partial charge is 0.0110 e. The summed E-state index contributed by atoms with van der Waals surface area (Å²) in [6, 6.07) is 0. The predicted molar refractivity (Wildman–Crippen MR) is 74.4 cm³/mol. The van der Waals surface area contributed by atoms with Crippen LogP contribution in [0, 0.1) is 0 Å². The number of hydrogen-bond acceptors (Lipinski definition) is 4. The second-order valence-corrected chi connectivity index (χ2v) is 5.09. The molecule has 0 aromatic rings. The summed E-state index contributed by atoms with van der Waals surface area (Å²) < 4.78 is 0. The lowest BCUT2D eigenvalue weighted by Gasteiger charge is -2.29. The first-order chi connectivity index (χ1) is 7.36. The van der Waals surface area contributed by atoms with Crippen molar-refractivity contribution >= 4 is 25.3 Å². The molecule has 0 amide bonds. The molecular formula is C11H24N2S2. The highest BCUT2D eigenvalue weighted by atomic mass is 32.1. The lowest BCUT2D eigenvalue weighted by molar-refractivity contribution is 0.190. The summed E-state index contributed by atoms with van der Waals surface area (Å²) in [5, 5.41) is 0. The summed E-state index contributed by atoms with van der Waals surface area (Å²) in [4.78, 5) is 5.06. The third-order valence-corrected chi connectivity index (χ3v) is 3.41. The van der Waals surface area contributed by atoms with Crippen molar-refractivity contribution in [2.45, 2.75) is 19.3 Å². The quantitative estimate of drug-likeness (QED) is 0.661. The van der Waals surface area contributed by atoms with E-state index < -0.39 is 0 Å². The summed E-state index contributed by atoms with van der Waals surface area (Å²) in [5.41, 5.74) is 0. The third kappa shape index (κ3) is 6.05. The minimum atomic E-state index is 0.952. The van der Waals surface area contributed by atoms with Crippen molar-refractivity contribution in [1.82, 2.24) is 9.80 Å². The molecule has 1 fully saturated rings. The monoisotopic (exact) mass is 248 g/mol. The van der Waals surface area contributed by atoms with Gasteiger partial charge in [0.25, 0.3) is 0 Å². The zero-order valence-corrected chi connectivity index (χ0v) is 11.4. The molecule has 0 radical (unpaired) electrons. The molecule has 2 nitrogen and oxygen atoms in total. The Kier molecular flexibility index (Phi) is 7.97. The minimum absolute atomic E-state index is 0.952. The molecule has 1 aliphatic heterocycles. The first kappa shape index (κ1) is 13.7. The Balaban J connectivity index is 2.13. The molecule has 4 heteroatoms.